The molecule has 2 aromatic rings. The van der Waals surface area contributed by atoms with Gasteiger partial charge in [0.05, 0.1) is 9.13 Å². The number of hydrogen-bond acceptors (Lipinski definition) is 4. The van der Waals surface area contributed by atoms with Crippen LogP contribution in [0.5, 0.6) is 5.75 Å². The minimum Gasteiger partial charge on any atom is -0.488 e. The predicted octanol–water partition coefficient (Wildman–Crippen LogP) is 3.87. The van der Waals surface area contributed by atoms with Gasteiger partial charge in [-0.1, -0.05) is 25.1 Å². The van der Waals surface area contributed by atoms with Crippen molar-refractivity contribution in [1.82, 2.24) is 10.2 Å². The molecule has 7 nitrogen and oxygen atoms in total. The molecule has 0 spiro atoms. The van der Waals surface area contributed by atoms with E-state index in [2.05, 4.69) is 27.9 Å². The smallest absolute Gasteiger partial charge is 0.335 e. The van der Waals surface area contributed by atoms with Crippen molar-refractivity contribution in [2.45, 2.75) is 20.0 Å². The van der Waals surface area contributed by atoms with Crippen LogP contribution in [0.25, 0.3) is 6.08 Å². The number of nitrogens with one attached hydrogen (secondary N) is 1. The lowest BCUT2D eigenvalue weighted by molar-refractivity contribution is -0.122. The number of ether oxygens (including phenoxy) is 1. The first-order valence-corrected chi connectivity index (χ1v) is 10.1. The summed E-state index contributed by atoms with van der Waals surface area (Å²) < 4.78 is 6.66. The highest BCUT2D eigenvalue weighted by Crippen LogP contribution is 2.25. The van der Waals surface area contributed by atoms with Crippen molar-refractivity contribution in [2.24, 2.45) is 0 Å². The van der Waals surface area contributed by atoms with Gasteiger partial charge in [0.15, 0.2) is 0 Å². The molecule has 0 aliphatic carbocycles. The van der Waals surface area contributed by atoms with Crippen molar-refractivity contribution in [3.8, 4) is 5.75 Å². The normalized spacial score (nSPS) is 15.0. The third-order valence-corrected chi connectivity index (χ3v) is 5.11. The first-order valence-electron chi connectivity index (χ1n) is 8.98. The number of carboxylic acid groups (broad SMARTS) is 1. The maximum absolute atomic E-state index is 12.3. The van der Waals surface area contributed by atoms with Crippen LogP contribution in [0.15, 0.2) is 48.2 Å². The van der Waals surface area contributed by atoms with Gasteiger partial charge in [0.25, 0.3) is 5.91 Å². The summed E-state index contributed by atoms with van der Waals surface area (Å²) >= 11 is 2.14. The van der Waals surface area contributed by atoms with Crippen LogP contribution in [-0.4, -0.2) is 34.5 Å². The van der Waals surface area contributed by atoms with Crippen LogP contribution in [-0.2, 0) is 11.4 Å². The second-order valence-corrected chi connectivity index (χ2v) is 7.59. The number of carbonyl (C=O) groups is 3. The van der Waals surface area contributed by atoms with Gasteiger partial charge < -0.3 is 15.2 Å². The Labute approximate surface area is 181 Å². The second kappa shape index (κ2) is 9.08. The molecule has 0 aromatic heterocycles. The van der Waals surface area contributed by atoms with Crippen molar-refractivity contribution in [1.29, 1.82) is 0 Å². The number of hydrogen-bond donors (Lipinski definition) is 2. The van der Waals surface area contributed by atoms with Crippen LogP contribution in [0, 0.1) is 3.57 Å². The first kappa shape index (κ1) is 20.8. The number of amides is 3. The zero-order valence-electron chi connectivity index (χ0n) is 15.6. The molecule has 1 fully saturated rings. The molecule has 0 atom stereocenters. The molecule has 2 aromatic carbocycles. The number of aromatic carboxylic acids is 1. The van der Waals surface area contributed by atoms with Gasteiger partial charge in [-0.25, -0.2) is 9.59 Å². The van der Waals surface area contributed by atoms with E-state index in [1.165, 1.54) is 17.0 Å². The number of halogens is 1. The molecule has 3 amide bonds. The number of carbonyl (C=O) groups excluding carboxylic acids is 2. The maximum atomic E-state index is 12.3. The zero-order chi connectivity index (χ0) is 21.0. The van der Waals surface area contributed by atoms with Crippen LogP contribution < -0.4 is 10.1 Å². The van der Waals surface area contributed by atoms with E-state index >= 15 is 0 Å². The van der Waals surface area contributed by atoms with Crippen LogP contribution in [0.4, 0.5) is 4.79 Å². The van der Waals surface area contributed by atoms with Crippen LogP contribution in [0.3, 0.4) is 0 Å². The molecule has 1 aliphatic rings. The highest BCUT2D eigenvalue weighted by molar-refractivity contribution is 14.1. The Kier molecular flexibility index (Phi) is 6.53. The lowest BCUT2D eigenvalue weighted by Crippen LogP contribution is -2.31. The monoisotopic (exact) mass is 506 g/mol. The van der Waals surface area contributed by atoms with Crippen molar-refractivity contribution in [2.75, 3.05) is 6.54 Å². The van der Waals surface area contributed by atoms with Crippen molar-refractivity contribution in [3.05, 3.63) is 68.4 Å². The largest absolute Gasteiger partial charge is 0.488 e. The highest BCUT2D eigenvalue weighted by atomic mass is 127. The minimum atomic E-state index is -0.966. The number of benzene rings is 2. The van der Waals surface area contributed by atoms with Gasteiger partial charge in [-0.3, -0.25) is 9.69 Å². The van der Waals surface area contributed by atoms with E-state index in [-0.39, 0.29) is 17.2 Å². The quantitative estimate of drug-likeness (QED) is 0.338. The summed E-state index contributed by atoms with van der Waals surface area (Å²) in [5.74, 6) is -0.618. The molecule has 1 aliphatic heterocycles. The van der Waals surface area contributed by atoms with Gasteiger partial charge in [-0.15, -0.1) is 0 Å². The van der Waals surface area contributed by atoms with Gasteiger partial charge in [0.1, 0.15) is 18.1 Å². The lowest BCUT2D eigenvalue weighted by atomic mass is 10.1. The molecule has 8 heteroatoms. The third kappa shape index (κ3) is 4.94. The third-order valence-electron chi connectivity index (χ3n) is 4.27. The number of nitrogens with zero attached hydrogens (tertiary/aromatic N) is 1. The lowest BCUT2D eigenvalue weighted by Gasteiger charge is -2.10. The molecule has 0 saturated carbocycles. The highest BCUT2D eigenvalue weighted by Gasteiger charge is 2.32. The molecule has 3 rings (SSSR count). The Bertz CT molecular complexity index is 985. The zero-order valence-corrected chi connectivity index (χ0v) is 17.8. The number of urea groups is 1. The van der Waals surface area contributed by atoms with Crippen molar-refractivity contribution < 1.29 is 24.2 Å². The summed E-state index contributed by atoms with van der Waals surface area (Å²) in [5.41, 5.74) is 2.11. The van der Waals surface area contributed by atoms with E-state index in [1.807, 2.05) is 13.0 Å². The van der Waals surface area contributed by atoms with E-state index in [9.17, 15) is 14.4 Å². The van der Waals surface area contributed by atoms with Gasteiger partial charge in [0, 0.05) is 6.54 Å². The van der Waals surface area contributed by atoms with Crippen LogP contribution in [0.2, 0.25) is 0 Å². The molecule has 0 bridgehead atoms. The number of imide groups is 1. The second-order valence-electron chi connectivity index (χ2n) is 6.43. The molecular formula is C21H19IN2O5. The molecule has 150 valence electrons. The van der Waals surface area contributed by atoms with E-state index < -0.39 is 12.0 Å². The van der Waals surface area contributed by atoms with E-state index in [1.54, 1.807) is 30.3 Å². The fraction of sp³-hybridized carbons (Fsp3) is 0.190. The standard InChI is InChI=1S/C21H19IN2O5/c1-2-9-24-19(25)17(23-21(24)28)11-14-5-8-18(16(22)10-14)29-12-13-3-6-15(7-4-13)20(26)27/h3-8,10-11H,2,9,12H2,1H3,(H,23,28)(H,26,27)/b17-11+. The van der Waals surface area contributed by atoms with E-state index in [0.29, 0.717) is 25.3 Å². The molecule has 1 heterocycles. The van der Waals surface area contributed by atoms with Gasteiger partial charge in [-0.05, 0) is 70.5 Å². The molecule has 2 N–H and O–H groups in total. The molecular weight excluding hydrogens is 487 g/mol. The van der Waals surface area contributed by atoms with Crippen LogP contribution >= 0.6 is 22.6 Å². The topological polar surface area (TPSA) is 95.9 Å². The first-order chi connectivity index (χ1) is 13.9. The summed E-state index contributed by atoms with van der Waals surface area (Å²) in [6.45, 7) is 2.60. The van der Waals surface area contributed by atoms with Crippen molar-refractivity contribution in [3.63, 3.8) is 0 Å². The average molecular weight is 506 g/mol. The summed E-state index contributed by atoms with van der Waals surface area (Å²) in [5, 5.41) is 11.5. The minimum absolute atomic E-state index is 0.228. The Balaban J connectivity index is 1.68. The fourth-order valence-corrected chi connectivity index (χ4v) is 3.49. The summed E-state index contributed by atoms with van der Waals surface area (Å²) in [4.78, 5) is 36.3. The van der Waals surface area contributed by atoms with Crippen LogP contribution in [0.1, 0.15) is 34.8 Å². The summed E-state index contributed by atoms with van der Waals surface area (Å²) in [7, 11) is 0. The fourth-order valence-electron chi connectivity index (χ4n) is 2.79. The molecule has 29 heavy (non-hydrogen) atoms. The van der Waals surface area contributed by atoms with E-state index in [0.717, 1.165) is 14.7 Å². The summed E-state index contributed by atoms with van der Waals surface area (Å²) in [6, 6.07) is 11.6. The molecule has 1 saturated heterocycles. The Morgan fingerprint density at radius 3 is 2.55 bits per heavy atom. The Hall–Kier alpha value is -2.88. The molecule has 0 unspecified atom stereocenters. The number of rotatable bonds is 7. The Morgan fingerprint density at radius 2 is 1.93 bits per heavy atom. The van der Waals surface area contributed by atoms with Gasteiger partial charge >= 0.3 is 12.0 Å². The average Bonchev–Trinajstić information content (AvgIpc) is 2.95. The van der Waals surface area contributed by atoms with Gasteiger partial charge in [-0.2, -0.15) is 0 Å². The van der Waals surface area contributed by atoms with E-state index in [4.69, 9.17) is 9.84 Å². The Morgan fingerprint density at radius 1 is 1.21 bits per heavy atom. The van der Waals surface area contributed by atoms with Gasteiger partial charge in [0.2, 0.25) is 0 Å². The maximum Gasteiger partial charge on any atom is 0.335 e. The van der Waals surface area contributed by atoms with Crippen molar-refractivity contribution >= 4 is 46.6 Å². The molecule has 0 radical (unpaired) electrons. The SMILES string of the molecule is CCCN1C(=O)N/C(=C/c2ccc(OCc3ccc(C(=O)O)cc3)c(I)c2)C1=O. The predicted molar refractivity (Wildman–Crippen MR) is 115 cm³/mol. The number of carboxylic acids is 1. The summed E-state index contributed by atoms with van der Waals surface area (Å²) in [6.07, 6.45) is 2.35.